The SMILES string of the molecule is COc1ccc(CCn2c(C)cc(C(=O)COC(=O)c3ccc4c(c3)C(=O)N(C)C4=O)c2C)cc1. The number of ether oxygens (including phenoxy) is 2. The number of carbonyl (C=O) groups excluding carboxylic acids is 4. The average molecular weight is 475 g/mol. The van der Waals surface area contributed by atoms with E-state index in [1.165, 1.54) is 25.2 Å². The lowest BCUT2D eigenvalue weighted by molar-refractivity contribution is 0.0474. The summed E-state index contributed by atoms with van der Waals surface area (Å²) in [4.78, 5) is 50.5. The molecular weight excluding hydrogens is 448 g/mol. The monoisotopic (exact) mass is 474 g/mol. The number of aromatic nitrogens is 1. The van der Waals surface area contributed by atoms with Crippen LogP contribution in [0, 0.1) is 13.8 Å². The summed E-state index contributed by atoms with van der Waals surface area (Å²) in [5.74, 6) is -1.13. The zero-order chi connectivity index (χ0) is 25.3. The summed E-state index contributed by atoms with van der Waals surface area (Å²) < 4.78 is 12.5. The van der Waals surface area contributed by atoms with Crippen molar-refractivity contribution in [2.75, 3.05) is 20.8 Å². The number of carbonyl (C=O) groups is 4. The number of ketones is 1. The first-order valence-electron chi connectivity index (χ1n) is 11.2. The molecule has 0 fully saturated rings. The van der Waals surface area contributed by atoms with Crippen molar-refractivity contribution in [3.05, 3.63) is 87.7 Å². The lowest BCUT2D eigenvalue weighted by atomic mass is 10.1. The largest absolute Gasteiger partial charge is 0.497 e. The predicted molar refractivity (Wildman–Crippen MR) is 128 cm³/mol. The quantitative estimate of drug-likeness (QED) is 0.281. The second-order valence-corrected chi connectivity index (χ2v) is 8.46. The van der Waals surface area contributed by atoms with E-state index in [1.54, 1.807) is 13.2 Å². The van der Waals surface area contributed by atoms with Crippen LogP contribution in [0.15, 0.2) is 48.5 Å². The van der Waals surface area contributed by atoms with Gasteiger partial charge in [0, 0.05) is 30.5 Å². The normalized spacial score (nSPS) is 12.6. The van der Waals surface area contributed by atoms with Crippen LogP contribution < -0.4 is 4.74 Å². The molecule has 8 heteroatoms. The van der Waals surface area contributed by atoms with Gasteiger partial charge in [-0.2, -0.15) is 0 Å². The molecule has 0 N–H and O–H groups in total. The second-order valence-electron chi connectivity index (χ2n) is 8.46. The minimum Gasteiger partial charge on any atom is -0.497 e. The first-order valence-corrected chi connectivity index (χ1v) is 11.2. The van der Waals surface area contributed by atoms with Gasteiger partial charge < -0.3 is 14.0 Å². The Balaban J connectivity index is 1.40. The third-order valence-electron chi connectivity index (χ3n) is 6.32. The maximum absolute atomic E-state index is 12.8. The van der Waals surface area contributed by atoms with E-state index in [0.717, 1.165) is 34.0 Å². The van der Waals surface area contributed by atoms with E-state index in [9.17, 15) is 19.2 Å². The first kappa shape index (κ1) is 23.9. The molecule has 0 atom stereocenters. The van der Waals surface area contributed by atoms with Gasteiger partial charge in [-0.3, -0.25) is 19.3 Å². The van der Waals surface area contributed by atoms with Gasteiger partial charge in [0.15, 0.2) is 6.61 Å². The van der Waals surface area contributed by atoms with Crippen LogP contribution in [-0.2, 0) is 17.7 Å². The third kappa shape index (κ3) is 4.59. The molecule has 35 heavy (non-hydrogen) atoms. The molecule has 2 aromatic carbocycles. The molecule has 3 aromatic rings. The minimum absolute atomic E-state index is 0.109. The Kier molecular flexibility index (Phi) is 6.55. The number of benzene rings is 2. The van der Waals surface area contributed by atoms with Gasteiger partial charge in [-0.05, 0) is 62.2 Å². The highest BCUT2D eigenvalue weighted by atomic mass is 16.5. The van der Waals surface area contributed by atoms with Crippen molar-refractivity contribution in [2.24, 2.45) is 0 Å². The number of Topliss-reactive ketones (excluding diaryl/α,β-unsaturated/α-hetero) is 1. The molecule has 0 bridgehead atoms. The number of nitrogens with zero attached hydrogens (tertiary/aromatic N) is 2. The maximum atomic E-state index is 12.8. The lowest BCUT2D eigenvalue weighted by Crippen LogP contribution is -2.24. The summed E-state index contributed by atoms with van der Waals surface area (Å²) >= 11 is 0. The fourth-order valence-electron chi connectivity index (χ4n) is 4.24. The summed E-state index contributed by atoms with van der Waals surface area (Å²) in [7, 11) is 3.01. The molecule has 1 aliphatic rings. The Labute approximate surface area is 203 Å². The van der Waals surface area contributed by atoms with Gasteiger partial charge in [0.25, 0.3) is 11.8 Å². The van der Waals surface area contributed by atoms with Gasteiger partial charge in [0.2, 0.25) is 5.78 Å². The van der Waals surface area contributed by atoms with Gasteiger partial charge in [-0.15, -0.1) is 0 Å². The van der Waals surface area contributed by atoms with E-state index < -0.39 is 24.4 Å². The van der Waals surface area contributed by atoms with Crippen molar-refractivity contribution in [3.63, 3.8) is 0 Å². The molecule has 1 aromatic heterocycles. The van der Waals surface area contributed by atoms with E-state index in [0.29, 0.717) is 12.1 Å². The number of aryl methyl sites for hydroxylation is 2. The van der Waals surface area contributed by atoms with Gasteiger partial charge in [-0.1, -0.05) is 12.1 Å². The molecule has 0 saturated heterocycles. The number of esters is 1. The highest BCUT2D eigenvalue weighted by molar-refractivity contribution is 6.21. The Bertz CT molecular complexity index is 1340. The molecule has 2 heterocycles. The summed E-state index contributed by atoms with van der Waals surface area (Å²) in [6.45, 7) is 4.08. The number of hydrogen-bond acceptors (Lipinski definition) is 6. The molecule has 2 amide bonds. The fourth-order valence-corrected chi connectivity index (χ4v) is 4.24. The summed E-state index contributed by atoms with van der Waals surface area (Å²) in [5, 5.41) is 0. The van der Waals surface area contributed by atoms with E-state index >= 15 is 0 Å². The highest BCUT2D eigenvalue weighted by Crippen LogP contribution is 2.23. The molecule has 4 rings (SSSR count). The minimum atomic E-state index is -0.732. The fraction of sp³-hybridized carbons (Fsp3) is 0.259. The van der Waals surface area contributed by atoms with E-state index in [-0.39, 0.29) is 22.5 Å². The third-order valence-corrected chi connectivity index (χ3v) is 6.32. The van der Waals surface area contributed by atoms with Crippen LogP contribution in [0.3, 0.4) is 0 Å². The molecular formula is C27H26N2O6. The summed E-state index contributed by atoms with van der Waals surface area (Å²) in [5.41, 5.74) is 3.91. The van der Waals surface area contributed by atoms with Crippen LogP contribution in [0.2, 0.25) is 0 Å². The van der Waals surface area contributed by atoms with E-state index in [2.05, 4.69) is 4.57 Å². The van der Waals surface area contributed by atoms with Crippen molar-refractivity contribution >= 4 is 23.6 Å². The van der Waals surface area contributed by atoms with Crippen molar-refractivity contribution in [2.45, 2.75) is 26.8 Å². The van der Waals surface area contributed by atoms with Crippen molar-refractivity contribution in [1.82, 2.24) is 9.47 Å². The number of hydrogen-bond donors (Lipinski definition) is 0. The van der Waals surface area contributed by atoms with Gasteiger partial charge in [-0.25, -0.2) is 4.79 Å². The Morgan fingerprint density at radius 2 is 1.60 bits per heavy atom. The van der Waals surface area contributed by atoms with Crippen molar-refractivity contribution in [1.29, 1.82) is 0 Å². The van der Waals surface area contributed by atoms with Gasteiger partial charge in [0.05, 0.1) is 23.8 Å². The van der Waals surface area contributed by atoms with E-state index in [1.807, 2.05) is 38.1 Å². The molecule has 0 saturated carbocycles. The lowest BCUT2D eigenvalue weighted by Gasteiger charge is -2.10. The van der Waals surface area contributed by atoms with Crippen LogP contribution >= 0.6 is 0 Å². The molecule has 0 radical (unpaired) electrons. The number of imide groups is 1. The smallest absolute Gasteiger partial charge is 0.338 e. The van der Waals surface area contributed by atoms with Crippen LogP contribution in [0.1, 0.15) is 58.4 Å². The standard InChI is InChI=1S/C27H26N2O6/c1-16-13-22(17(2)29(16)12-11-18-5-8-20(34-4)9-6-18)24(30)15-35-27(33)19-7-10-21-23(14-19)26(32)28(3)25(21)31/h5-10,13-14H,11-12,15H2,1-4H3. The molecule has 8 nitrogen and oxygen atoms in total. The molecule has 180 valence electrons. The molecule has 0 unspecified atom stereocenters. The zero-order valence-electron chi connectivity index (χ0n) is 20.1. The van der Waals surface area contributed by atoms with Crippen molar-refractivity contribution in [3.8, 4) is 5.75 Å². The van der Waals surface area contributed by atoms with Gasteiger partial charge in [0.1, 0.15) is 5.75 Å². The van der Waals surface area contributed by atoms with Crippen LogP contribution in [0.4, 0.5) is 0 Å². The number of fused-ring (bicyclic) bond motifs is 1. The summed E-state index contributed by atoms with van der Waals surface area (Å²) in [6.07, 6.45) is 0.789. The van der Waals surface area contributed by atoms with Crippen LogP contribution in [0.5, 0.6) is 5.75 Å². The molecule has 1 aliphatic heterocycles. The molecule has 0 aliphatic carbocycles. The Hall–Kier alpha value is -4.20. The van der Waals surface area contributed by atoms with Gasteiger partial charge >= 0.3 is 5.97 Å². The first-order chi connectivity index (χ1) is 16.7. The Morgan fingerprint density at radius 3 is 2.29 bits per heavy atom. The number of amides is 2. The number of rotatable bonds is 8. The Morgan fingerprint density at radius 1 is 0.914 bits per heavy atom. The number of methoxy groups -OCH3 is 1. The van der Waals surface area contributed by atoms with Crippen LogP contribution in [-0.4, -0.2) is 53.8 Å². The topological polar surface area (TPSA) is 94.9 Å². The second kappa shape index (κ2) is 9.58. The highest BCUT2D eigenvalue weighted by Gasteiger charge is 2.33. The zero-order valence-corrected chi connectivity index (χ0v) is 20.1. The molecule has 0 spiro atoms. The van der Waals surface area contributed by atoms with E-state index in [4.69, 9.17) is 9.47 Å². The predicted octanol–water partition coefficient (Wildman–Crippen LogP) is 3.62. The van der Waals surface area contributed by atoms with Crippen molar-refractivity contribution < 1.29 is 28.7 Å². The maximum Gasteiger partial charge on any atom is 0.338 e. The van der Waals surface area contributed by atoms with Crippen LogP contribution in [0.25, 0.3) is 0 Å². The average Bonchev–Trinajstić information content (AvgIpc) is 3.28. The summed E-state index contributed by atoms with van der Waals surface area (Å²) in [6, 6.07) is 13.8.